The molecule has 10 heteroatoms. The van der Waals surface area contributed by atoms with Crippen LogP contribution in [-0.2, 0) is 6.42 Å². The Morgan fingerprint density at radius 1 is 0.542 bits per heavy atom. The Morgan fingerprint density at radius 3 is 2.00 bits per heavy atom. The van der Waals surface area contributed by atoms with Crippen LogP contribution in [0.5, 0.6) is 5.75 Å². The summed E-state index contributed by atoms with van der Waals surface area (Å²) in [6.07, 6.45) is 6.98. The lowest BCUT2D eigenvalue weighted by Gasteiger charge is -2.24. The lowest BCUT2D eigenvalue weighted by molar-refractivity contribution is 0.278. The average molecular weight is 918 g/mol. The Hall–Kier alpha value is -8.61. The van der Waals surface area contributed by atoms with E-state index >= 15 is 0 Å². The van der Waals surface area contributed by atoms with E-state index in [-0.39, 0.29) is 12.0 Å². The summed E-state index contributed by atoms with van der Waals surface area (Å²) in [5.74, 6) is 6.38. The van der Waals surface area contributed by atoms with Crippen LogP contribution in [0.3, 0.4) is 0 Å². The van der Waals surface area contributed by atoms with Gasteiger partial charge in [-0.1, -0.05) is 145 Å². The third kappa shape index (κ3) is 7.80. The van der Waals surface area contributed by atoms with Crippen molar-refractivity contribution in [1.29, 1.82) is 0 Å². The number of aromatic nitrogens is 1. The molecule has 4 N–H and O–H groups in total. The smallest absolute Gasteiger partial charge is 0.150 e. The first-order valence-electron chi connectivity index (χ1n) is 23.9. The number of furan rings is 1. The molecule has 0 spiro atoms. The van der Waals surface area contributed by atoms with Crippen molar-refractivity contribution >= 4 is 108 Å². The van der Waals surface area contributed by atoms with Crippen LogP contribution in [0, 0.1) is 0 Å². The number of nitrogens with zero attached hydrogens (tertiary/aromatic N) is 2. The van der Waals surface area contributed by atoms with Crippen molar-refractivity contribution in [2.75, 3.05) is 0 Å². The number of hydrogen-bond acceptors (Lipinski definition) is 4. The van der Waals surface area contributed by atoms with Gasteiger partial charge in [0, 0.05) is 49.9 Å². The molecule has 13 rings (SSSR count). The molecule has 0 fully saturated rings. The first kappa shape index (κ1) is 44.6. The number of para-hydroxylation sites is 3. The van der Waals surface area contributed by atoms with E-state index in [0.29, 0.717) is 34.1 Å². The van der Waals surface area contributed by atoms with Gasteiger partial charge in [0.15, 0.2) is 0 Å². The maximum Gasteiger partial charge on any atom is 0.150 e. The fraction of sp³-hybridized carbons (Fsp3) is 0.0484. The fourth-order valence-corrected chi connectivity index (χ4v) is 10.6. The Labute approximate surface area is 423 Å². The molecule has 0 saturated carbocycles. The van der Waals surface area contributed by atoms with E-state index in [1.165, 1.54) is 32.9 Å². The van der Waals surface area contributed by atoms with E-state index in [4.69, 9.17) is 52.1 Å². The summed E-state index contributed by atoms with van der Waals surface area (Å²) in [6.45, 7) is 0. The monoisotopic (exact) mass is 918 g/mol. The maximum absolute atomic E-state index is 6.75. The van der Waals surface area contributed by atoms with Crippen LogP contribution < -0.4 is 38.2 Å². The summed E-state index contributed by atoms with van der Waals surface area (Å²) >= 11 is 0. The van der Waals surface area contributed by atoms with Crippen LogP contribution in [0.4, 0.5) is 0 Å². The normalized spacial score (nSPS) is 15.0. The van der Waals surface area contributed by atoms with Crippen LogP contribution in [0.2, 0.25) is 0 Å². The van der Waals surface area contributed by atoms with E-state index in [0.717, 1.165) is 77.9 Å². The predicted molar refractivity (Wildman–Crippen MR) is 302 cm³/mol. The summed E-state index contributed by atoms with van der Waals surface area (Å²) in [5, 5.41) is 8.11. The van der Waals surface area contributed by atoms with Crippen molar-refractivity contribution in [3.05, 3.63) is 234 Å². The number of allylic oxidation sites excluding steroid dienone is 2. The van der Waals surface area contributed by atoms with Crippen LogP contribution in [0.15, 0.2) is 216 Å². The molecule has 0 amide bonds. The SMILES string of the molecule is N/N=C(\N)c1ccc2c(c1)oc1ccccc12.[B]c1cc(Cc2cccc3c2C2C=CC=C(c4cccc(-c5cccc(-c6ccc7c(c6)c6ccccc6n7-c6ccccc6)c5)c4)C2O3)c([B])c([B])c1[B]. The fourth-order valence-electron chi connectivity index (χ4n) is 10.6. The summed E-state index contributed by atoms with van der Waals surface area (Å²) in [4.78, 5) is 0. The highest BCUT2D eigenvalue weighted by Gasteiger charge is 2.38. The Kier molecular flexibility index (Phi) is 11.3. The molecule has 8 radical (unpaired) electrons. The van der Waals surface area contributed by atoms with Gasteiger partial charge in [-0.15, -0.1) is 21.9 Å². The van der Waals surface area contributed by atoms with Crippen molar-refractivity contribution in [1.82, 2.24) is 4.57 Å². The van der Waals surface area contributed by atoms with Gasteiger partial charge < -0.3 is 25.3 Å². The van der Waals surface area contributed by atoms with Gasteiger partial charge in [0.1, 0.15) is 60.2 Å². The Bertz CT molecular complexity index is 4040. The van der Waals surface area contributed by atoms with Crippen molar-refractivity contribution < 1.29 is 9.15 Å². The van der Waals surface area contributed by atoms with Gasteiger partial charge in [-0.3, -0.25) is 0 Å². The van der Waals surface area contributed by atoms with Gasteiger partial charge in [-0.25, -0.2) is 0 Å². The van der Waals surface area contributed by atoms with Crippen molar-refractivity contribution in [2.24, 2.45) is 16.7 Å². The predicted octanol–water partition coefficient (Wildman–Crippen LogP) is 9.55. The summed E-state index contributed by atoms with van der Waals surface area (Å²) in [7, 11) is 24.9. The molecule has 0 bridgehead atoms. The first-order chi connectivity index (χ1) is 35.2. The van der Waals surface area contributed by atoms with Crippen LogP contribution in [-0.4, -0.2) is 47.9 Å². The van der Waals surface area contributed by atoms with E-state index < -0.39 is 0 Å². The molecule has 0 saturated heterocycles. The minimum atomic E-state index is -0.161. The summed E-state index contributed by atoms with van der Waals surface area (Å²) in [5.41, 5.74) is 23.3. The molecule has 3 heterocycles. The lowest BCUT2D eigenvalue weighted by Crippen LogP contribution is -2.48. The number of ether oxygens (including phenoxy) is 1. The van der Waals surface area contributed by atoms with Crippen molar-refractivity contribution in [3.8, 4) is 33.7 Å². The molecule has 1 aliphatic carbocycles. The average Bonchev–Trinajstić information content (AvgIpc) is 4.12. The number of amidine groups is 1. The molecule has 2 aliphatic rings. The standard InChI is InChI=1S/C49H31B4NO.C13H11N3O/c50-41-28-35(46(51)48(53)47(41)52)26-34-14-8-21-44-45(34)39-19-9-18-37(49(39)55-44)33-13-7-12-31(25-33)29-10-6-11-30(24-29)32-22-23-43-40(27-32)38-17-4-5-20-42(38)54(43)36-15-2-1-3-16-36;14-13(16-15)8-5-6-10-9-3-1-2-4-11(9)17-12(10)7-8/h1-25,27-28,39,49H,26H2;1-7H,15H2,(H2,14,16). The molecule has 9 aromatic carbocycles. The van der Waals surface area contributed by atoms with Gasteiger partial charge in [0.25, 0.3) is 0 Å². The summed E-state index contributed by atoms with van der Waals surface area (Å²) < 4.78 is 14.8. The molecule has 2 aromatic heterocycles. The Balaban J connectivity index is 0.000000262. The number of rotatable bonds is 7. The highest BCUT2D eigenvalue weighted by Crippen LogP contribution is 2.48. The quantitative estimate of drug-likeness (QED) is 0.0548. The number of nitrogens with two attached hydrogens (primary N) is 2. The van der Waals surface area contributed by atoms with Crippen LogP contribution in [0.1, 0.15) is 33.7 Å². The number of hydrazone groups is 1. The van der Waals surface area contributed by atoms with E-state index in [9.17, 15) is 0 Å². The molecular formula is C62H42B4N4O2. The topological polar surface area (TPSA) is 91.7 Å². The molecule has 1 aliphatic heterocycles. The first-order valence-corrected chi connectivity index (χ1v) is 23.9. The van der Waals surface area contributed by atoms with Gasteiger partial charge >= 0.3 is 0 Å². The van der Waals surface area contributed by atoms with Gasteiger partial charge in [0.2, 0.25) is 0 Å². The number of benzene rings is 9. The molecule has 334 valence electrons. The minimum Gasteiger partial charge on any atom is -0.484 e. The van der Waals surface area contributed by atoms with Crippen LogP contribution >= 0.6 is 0 Å². The van der Waals surface area contributed by atoms with E-state index in [2.05, 4.69) is 161 Å². The minimum absolute atomic E-state index is 0.0469. The molecule has 11 aromatic rings. The maximum atomic E-state index is 6.75. The highest BCUT2D eigenvalue weighted by molar-refractivity contribution is 6.62. The van der Waals surface area contributed by atoms with Gasteiger partial charge in [-0.2, -0.15) is 5.10 Å². The zero-order valence-electron chi connectivity index (χ0n) is 39.2. The van der Waals surface area contributed by atoms with E-state index in [1.807, 2.05) is 54.6 Å². The molecule has 2 unspecified atom stereocenters. The van der Waals surface area contributed by atoms with E-state index in [1.54, 1.807) is 0 Å². The molecule has 72 heavy (non-hydrogen) atoms. The second-order valence-electron chi connectivity index (χ2n) is 18.3. The highest BCUT2D eigenvalue weighted by atomic mass is 16.5. The van der Waals surface area contributed by atoms with Gasteiger partial charge in [0.05, 0.1) is 11.0 Å². The van der Waals surface area contributed by atoms with Crippen molar-refractivity contribution in [3.63, 3.8) is 0 Å². The number of fused-ring (bicyclic) bond motifs is 9. The summed E-state index contributed by atoms with van der Waals surface area (Å²) in [6, 6.07) is 65.4. The third-order valence-electron chi connectivity index (χ3n) is 14.1. The third-order valence-corrected chi connectivity index (χ3v) is 14.1. The molecule has 6 nitrogen and oxygen atoms in total. The second-order valence-corrected chi connectivity index (χ2v) is 18.3. The van der Waals surface area contributed by atoms with Gasteiger partial charge in [-0.05, 0) is 107 Å². The zero-order chi connectivity index (χ0) is 49.0. The number of hydrogen-bond donors (Lipinski definition) is 2. The Morgan fingerprint density at radius 2 is 1.21 bits per heavy atom. The van der Waals surface area contributed by atoms with Crippen molar-refractivity contribution in [2.45, 2.75) is 18.4 Å². The zero-order valence-corrected chi connectivity index (χ0v) is 39.2. The molecule has 2 atom stereocenters. The molecular weight excluding hydrogens is 876 g/mol. The second kappa shape index (κ2) is 18.3. The lowest BCUT2D eigenvalue weighted by atomic mass is 9.65. The van der Waals surface area contributed by atoms with Crippen LogP contribution in [0.25, 0.3) is 77.3 Å². The largest absolute Gasteiger partial charge is 0.484 e.